The predicted octanol–water partition coefficient (Wildman–Crippen LogP) is 2.32. The van der Waals surface area contributed by atoms with Gasteiger partial charge in [0.25, 0.3) is 15.9 Å². The van der Waals surface area contributed by atoms with Gasteiger partial charge in [0.2, 0.25) is 10.0 Å². The molecule has 0 radical (unpaired) electrons. The molecule has 3 heterocycles. The molecule has 0 bridgehead atoms. The van der Waals surface area contributed by atoms with Crippen LogP contribution in [0.3, 0.4) is 0 Å². The first kappa shape index (κ1) is 33.3. The highest BCUT2D eigenvalue weighted by Gasteiger charge is 2.35. The average molecular weight is 682 g/mol. The zero-order chi connectivity index (χ0) is 33.4. The third kappa shape index (κ3) is 6.57. The van der Waals surface area contributed by atoms with Gasteiger partial charge in [0.1, 0.15) is 11.9 Å². The van der Waals surface area contributed by atoms with Gasteiger partial charge in [-0.3, -0.25) is 4.55 Å². The molecule has 17 heteroatoms. The predicted molar refractivity (Wildman–Crippen MR) is 165 cm³/mol. The van der Waals surface area contributed by atoms with Crippen molar-refractivity contribution in [2.24, 2.45) is 12.8 Å². The fraction of sp³-hybridized carbons (Fsp3) is 0.345. The molecule has 3 aromatic rings. The number of anilines is 2. The van der Waals surface area contributed by atoms with E-state index >= 15 is 0 Å². The highest BCUT2D eigenvalue weighted by atomic mass is 32.2. The number of benzene rings is 2. The summed E-state index contributed by atoms with van der Waals surface area (Å²) in [5.74, 6) is 0.401. The number of rotatable bonds is 8. The number of allylic oxidation sites excluding steroid dienone is 2. The summed E-state index contributed by atoms with van der Waals surface area (Å²) in [5, 5.41) is 0. The van der Waals surface area contributed by atoms with E-state index in [1.807, 2.05) is 0 Å². The highest BCUT2D eigenvalue weighted by molar-refractivity contribution is 7.89. The van der Waals surface area contributed by atoms with Gasteiger partial charge in [-0.15, -0.1) is 4.57 Å². The van der Waals surface area contributed by atoms with E-state index in [4.69, 9.17) is 10.5 Å². The lowest BCUT2D eigenvalue weighted by Crippen LogP contribution is -2.40. The topological polar surface area (TPSA) is 142 Å². The van der Waals surface area contributed by atoms with Gasteiger partial charge in [0.15, 0.2) is 11.0 Å². The van der Waals surface area contributed by atoms with Crippen LogP contribution in [-0.4, -0.2) is 75.9 Å². The van der Waals surface area contributed by atoms with Gasteiger partial charge in [-0.05, 0) is 42.8 Å². The Morgan fingerprint density at radius 1 is 1.09 bits per heavy atom. The molecule has 1 fully saturated rings. The maximum absolute atomic E-state index is 13.6. The van der Waals surface area contributed by atoms with Crippen LogP contribution in [0.2, 0.25) is 0 Å². The highest BCUT2D eigenvalue weighted by Crippen LogP contribution is 2.44. The number of ether oxygens (including phenoxy) is 1. The lowest BCUT2D eigenvalue weighted by atomic mass is 10.1. The summed E-state index contributed by atoms with van der Waals surface area (Å²) >= 11 is 0. The molecule has 2 aliphatic heterocycles. The first-order chi connectivity index (χ1) is 21.6. The van der Waals surface area contributed by atoms with Crippen molar-refractivity contribution in [3.8, 4) is 12.1 Å². The lowest BCUT2D eigenvalue weighted by molar-refractivity contribution is -0.647. The quantitative estimate of drug-likeness (QED) is 0.159. The Morgan fingerprint density at radius 3 is 2.46 bits per heavy atom. The van der Waals surface area contributed by atoms with Gasteiger partial charge in [0.05, 0.1) is 53.9 Å². The molecule has 0 atom stereocenters. The van der Waals surface area contributed by atoms with Crippen molar-refractivity contribution in [1.82, 2.24) is 8.87 Å². The van der Waals surface area contributed by atoms with Crippen molar-refractivity contribution >= 4 is 48.6 Å². The molecule has 12 nitrogen and oxygen atoms in total. The third-order valence-electron chi connectivity index (χ3n) is 7.76. The minimum atomic E-state index is -4.59. The monoisotopic (exact) mass is 681 g/mol. The molecule has 0 saturated carbocycles. The maximum atomic E-state index is 13.6. The zero-order valence-corrected chi connectivity index (χ0v) is 26.5. The van der Waals surface area contributed by atoms with Gasteiger partial charge < -0.3 is 20.3 Å². The summed E-state index contributed by atoms with van der Waals surface area (Å²) in [6.07, 6.45) is 0.337. The van der Waals surface area contributed by atoms with Gasteiger partial charge >= 0.3 is 6.18 Å². The number of aryl methyl sites for hydroxylation is 1. The van der Waals surface area contributed by atoms with Crippen LogP contribution in [0.15, 0.2) is 59.3 Å². The van der Waals surface area contributed by atoms with Crippen molar-refractivity contribution in [2.75, 3.05) is 55.4 Å². The average Bonchev–Trinajstić information content (AvgIpc) is 3.42. The van der Waals surface area contributed by atoms with Gasteiger partial charge in [0, 0.05) is 38.8 Å². The molecule has 246 valence electrons. The fourth-order valence-electron chi connectivity index (χ4n) is 5.52. The Balaban J connectivity index is 1.54. The Morgan fingerprint density at radius 2 is 1.80 bits per heavy atom. The molecule has 46 heavy (non-hydrogen) atoms. The molecule has 2 aliphatic rings. The van der Waals surface area contributed by atoms with Crippen LogP contribution in [0.25, 0.3) is 17.1 Å². The van der Waals surface area contributed by atoms with Crippen LogP contribution in [0, 0.1) is 12.1 Å². The van der Waals surface area contributed by atoms with Crippen molar-refractivity contribution in [3.05, 3.63) is 65.8 Å². The smallest absolute Gasteiger partial charge is 0.379 e. The standard InChI is InChI=1S/C29H31F3N6O6S2/c1-34-23-9-7-21(29(30,31)32)19-25(23)37(12-4-18-45(39,40)41)27(34)5-3-6-28-35(2)24-10-8-22(20-26(24)38(28)13-11-33)46(42,43)36-14-16-44-17-15-36/h3,5-10,19-20H,4,12,14-18,33H2,1-2H3/p+1. The number of fused-ring (bicyclic) bond motifs is 2. The number of hydrogen-bond donors (Lipinski definition) is 2. The third-order valence-corrected chi connectivity index (χ3v) is 10.5. The van der Waals surface area contributed by atoms with Gasteiger partial charge in [-0.25, -0.2) is 13.0 Å². The van der Waals surface area contributed by atoms with Crippen LogP contribution >= 0.6 is 0 Å². The summed E-state index contributed by atoms with van der Waals surface area (Å²) in [4.78, 5) is 3.31. The summed E-state index contributed by atoms with van der Waals surface area (Å²) in [6, 6.07) is 13.2. The molecular weight excluding hydrogens is 649 g/mol. The largest absolute Gasteiger partial charge is 0.416 e. The number of halogens is 3. The second-order valence-electron chi connectivity index (χ2n) is 10.6. The Hall–Kier alpha value is -4.08. The van der Waals surface area contributed by atoms with E-state index in [0.717, 1.165) is 12.1 Å². The summed E-state index contributed by atoms with van der Waals surface area (Å²) < 4.78 is 109. The van der Waals surface area contributed by atoms with E-state index in [9.17, 15) is 34.6 Å². The number of nitrogens with zero attached hydrogens (tertiary/aromatic N) is 5. The summed E-state index contributed by atoms with van der Waals surface area (Å²) in [5.41, 5.74) is 6.57. The van der Waals surface area contributed by atoms with Gasteiger partial charge in [-0.2, -0.15) is 25.9 Å². The number of aromatic nitrogens is 2. The number of imidazole rings is 1. The number of sulfonamides is 1. The second kappa shape index (κ2) is 12.6. The summed E-state index contributed by atoms with van der Waals surface area (Å²) in [6.45, 7) is 1.09. The molecule has 0 spiro atoms. The van der Waals surface area contributed by atoms with Crippen LogP contribution in [-0.2, 0) is 38.1 Å². The van der Waals surface area contributed by atoms with Crippen molar-refractivity contribution in [3.63, 3.8) is 0 Å². The molecular formula is C29H32F3N6O6S2+. The molecule has 1 saturated heterocycles. The lowest BCUT2D eigenvalue weighted by Gasteiger charge is -2.25. The Bertz CT molecular complexity index is 2010. The van der Waals surface area contributed by atoms with E-state index in [1.54, 1.807) is 52.8 Å². The first-order valence-corrected chi connectivity index (χ1v) is 17.1. The maximum Gasteiger partial charge on any atom is 0.416 e. The molecule has 3 N–H and O–H groups in total. The molecule has 0 amide bonds. The number of morpholine rings is 1. The Labute approximate surface area is 264 Å². The van der Waals surface area contributed by atoms with Crippen molar-refractivity contribution in [1.29, 1.82) is 0 Å². The van der Waals surface area contributed by atoms with E-state index in [2.05, 4.69) is 12.1 Å². The fourth-order valence-corrected chi connectivity index (χ4v) is 7.44. The molecule has 0 aliphatic carbocycles. The SMILES string of the molecule is CN1/C(=C\C=C\c2n(C#CN)c3cc(S(=O)(=O)N4CCOCC4)ccc3[n+]2C)N(CCCS(=O)(=O)O)c2cc(C(F)(F)F)ccc21. The van der Waals surface area contributed by atoms with E-state index in [0.29, 0.717) is 41.6 Å². The molecule has 0 unspecified atom stereocenters. The second-order valence-corrected chi connectivity index (χ2v) is 14.1. The molecule has 1 aromatic heterocycles. The Kier molecular flexibility index (Phi) is 9.12. The van der Waals surface area contributed by atoms with Crippen LogP contribution < -0.4 is 20.1 Å². The van der Waals surface area contributed by atoms with Crippen LogP contribution in [0.5, 0.6) is 0 Å². The number of hydrogen-bond acceptors (Lipinski definition) is 8. The zero-order valence-electron chi connectivity index (χ0n) is 24.9. The van der Waals surface area contributed by atoms with Crippen LogP contribution in [0.1, 0.15) is 17.8 Å². The van der Waals surface area contributed by atoms with E-state index < -0.39 is 37.6 Å². The number of nitrogens with two attached hydrogens (primary N) is 1. The van der Waals surface area contributed by atoms with Crippen LogP contribution in [0.4, 0.5) is 24.5 Å². The first-order valence-electron chi connectivity index (χ1n) is 14.0. The number of alkyl halides is 3. The van der Waals surface area contributed by atoms with E-state index in [-0.39, 0.29) is 36.6 Å². The minimum Gasteiger partial charge on any atom is -0.379 e. The minimum absolute atomic E-state index is 0.00516. The molecule has 5 rings (SSSR count). The van der Waals surface area contributed by atoms with E-state index in [1.165, 1.54) is 27.1 Å². The van der Waals surface area contributed by atoms with Gasteiger partial charge in [-0.1, -0.05) is 6.08 Å². The molecule has 2 aromatic carbocycles. The van der Waals surface area contributed by atoms with Crippen molar-refractivity contribution < 1.29 is 43.9 Å². The normalized spacial score (nSPS) is 17.2. The summed E-state index contributed by atoms with van der Waals surface area (Å²) in [7, 11) is -4.65. The van der Waals surface area contributed by atoms with Crippen molar-refractivity contribution in [2.45, 2.75) is 17.5 Å².